The van der Waals surface area contributed by atoms with Crippen LogP contribution >= 0.6 is 11.3 Å². The van der Waals surface area contributed by atoms with E-state index in [0.717, 1.165) is 44.8 Å². The van der Waals surface area contributed by atoms with Crippen LogP contribution in [0.1, 0.15) is 0 Å². The highest BCUT2D eigenvalue weighted by atomic mass is 32.1. The van der Waals surface area contributed by atoms with Crippen LogP contribution < -0.4 is 0 Å². The molecule has 0 N–H and O–H groups in total. The van der Waals surface area contributed by atoms with Gasteiger partial charge >= 0.3 is 0 Å². The van der Waals surface area contributed by atoms with Crippen molar-refractivity contribution in [2.45, 2.75) is 0 Å². The molecule has 8 rings (SSSR count). The first kappa shape index (κ1) is 26.1. The van der Waals surface area contributed by atoms with Crippen LogP contribution in [0, 0.1) is 5.82 Å². The molecule has 3 heterocycles. The quantitative estimate of drug-likeness (QED) is 0.202. The first-order valence-corrected chi connectivity index (χ1v) is 15.2. The van der Waals surface area contributed by atoms with Crippen LogP contribution in [-0.2, 0) is 0 Å². The molecule has 0 aliphatic carbocycles. The number of nitrogens with zero attached hydrogens (tertiary/aromatic N) is 3. The number of thiophene rings is 1. The van der Waals surface area contributed by atoms with Crippen molar-refractivity contribution < 1.29 is 4.39 Å². The van der Waals surface area contributed by atoms with E-state index in [1.807, 2.05) is 47.9 Å². The summed E-state index contributed by atoms with van der Waals surface area (Å²) in [6, 6.07) is 44.3. The Morgan fingerprint density at radius 1 is 0.455 bits per heavy atom. The Labute approximate surface area is 258 Å². The zero-order valence-corrected chi connectivity index (χ0v) is 24.3. The largest absolute Gasteiger partial charge is 0.264 e. The first-order chi connectivity index (χ1) is 21.7. The van der Waals surface area contributed by atoms with Gasteiger partial charge in [0.05, 0.1) is 11.4 Å². The number of fused-ring (bicyclic) bond motifs is 3. The van der Waals surface area contributed by atoms with E-state index in [-0.39, 0.29) is 5.82 Å². The van der Waals surface area contributed by atoms with E-state index in [0.29, 0.717) is 5.82 Å². The van der Waals surface area contributed by atoms with E-state index in [4.69, 9.17) is 9.97 Å². The fourth-order valence-corrected chi connectivity index (χ4v) is 6.69. The summed E-state index contributed by atoms with van der Waals surface area (Å²) in [5, 5.41) is 2.57. The molecular formula is C39H24FN3S. The van der Waals surface area contributed by atoms with Crippen molar-refractivity contribution in [3.63, 3.8) is 0 Å². The summed E-state index contributed by atoms with van der Waals surface area (Å²) in [6.07, 6.45) is 3.61. The smallest absolute Gasteiger partial charge is 0.160 e. The van der Waals surface area contributed by atoms with E-state index < -0.39 is 0 Å². The standard InChI is InChI=1S/C39H24FN3S/c40-32-17-14-27(15-18-32)36-23-35(42-39(43-36)30-6-3-5-28(21-30)31-7-4-20-41-24-31)26-12-10-25(11-13-26)29-16-19-38-34(22-29)33-8-1-2-9-37(33)44-38/h1-24H. The summed E-state index contributed by atoms with van der Waals surface area (Å²) in [5.41, 5.74) is 8.60. The van der Waals surface area contributed by atoms with Gasteiger partial charge in [-0.25, -0.2) is 14.4 Å². The Morgan fingerprint density at radius 2 is 1.09 bits per heavy atom. The lowest BCUT2D eigenvalue weighted by molar-refractivity contribution is 0.628. The topological polar surface area (TPSA) is 38.7 Å². The molecule has 0 unspecified atom stereocenters. The summed E-state index contributed by atoms with van der Waals surface area (Å²) in [6.45, 7) is 0. The van der Waals surface area contributed by atoms with Gasteiger partial charge in [-0.1, -0.05) is 72.8 Å². The molecule has 8 aromatic rings. The third-order valence-corrected chi connectivity index (χ3v) is 9.02. The molecule has 5 heteroatoms. The van der Waals surface area contributed by atoms with Gasteiger partial charge in [-0.15, -0.1) is 11.3 Å². The van der Waals surface area contributed by atoms with Gasteiger partial charge in [0, 0.05) is 54.8 Å². The molecule has 0 saturated carbocycles. The van der Waals surface area contributed by atoms with Gasteiger partial charge in [-0.2, -0.15) is 0 Å². The van der Waals surface area contributed by atoms with Crippen molar-refractivity contribution in [1.82, 2.24) is 15.0 Å². The lowest BCUT2D eigenvalue weighted by Crippen LogP contribution is -1.96. The lowest BCUT2D eigenvalue weighted by Gasteiger charge is -2.11. The van der Waals surface area contributed by atoms with Gasteiger partial charge in [-0.3, -0.25) is 4.98 Å². The fourth-order valence-electron chi connectivity index (χ4n) is 5.60. The van der Waals surface area contributed by atoms with Gasteiger partial charge in [0.2, 0.25) is 0 Å². The zero-order valence-electron chi connectivity index (χ0n) is 23.5. The maximum absolute atomic E-state index is 13.8. The average molecular weight is 586 g/mol. The van der Waals surface area contributed by atoms with E-state index in [2.05, 4.69) is 83.8 Å². The van der Waals surface area contributed by atoms with E-state index in [1.54, 1.807) is 18.3 Å². The number of rotatable bonds is 5. The van der Waals surface area contributed by atoms with Crippen LogP contribution in [0.15, 0.2) is 146 Å². The average Bonchev–Trinajstić information content (AvgIpc) is 3.47. The molecule has 0 fully saturated rings. The van der Waals surface area contributed by atoms with Gasteiger partial charge < -0.3 is 0 Å². The van der Waals surface area contributed by atoms with Gasteiger partial charge in [0.25, 0.3) is 0 Å². The maximum atomic E-state index is 13.8. The van der Waals surface area contributed by atoms with Gasteiger partial charge in [0.1, 0.15) is 5.82 Å². The van der Waals surface area contributed by atoms with Crippen LogP contribution in [0.25, 0.3) is 76.3 Å². The van der Waals surface area contributed by atoms with E-state index >= 15 is 0 Å². The monoisotopic (exact) mass is 585 g/mol. The molecule has 0 atom stereocenters. The van der Waals surface area contributed by atoms with Gasteiger partial charge in [0.15, 0.2) is 5.82 Å². The summed E-state index contributed by atoms with van der Waals surface area (Å²) in [5.74, 6) is 0.322. The minimum absolute atomic E-state index is 0.281. The lowest BCUT2D eigenvalue weighted by atomic mass is 10.00. The molecule has 3 nitrogen and oxygen atoms in total. The molecule has 3 aromatic heterocycles. The van der Waals surface area contributed by atoms with Crippen LogP contribution in [-0.4, -0.2) is 15.0 Å². The second-order valence-electron chi connectivity index (χ2n) is 10.7. The predicted molar refractivity (Wildman–Crippen MR) is 180 cm³/mol. The van der Waals surface area contributed by atoms with Gasteiger partial charge in [-0.05, 0) is 77.4 Å². The number of hydrogen-bond acceptors (Lipinski definition) is 4. The summed E-state index contributed by atoms with van der Waals surface area (Å²) in [4.78, 5) is 14.2. The van der Waals surface area contributed by atoms with Crippen molar-refractivity contribution in [2.75, 3.05) is 0 Å². The minimum Gasteiger partial charge on any atom is -0.264 e. The molecule has 0 aliphatic rings. The molecule has 0 saturated heterocycles. The normalized spacial score (nSPS) is 11.3. The third kappa shape index (κ3) is 4.93. The number of benzene rings is 5. The first-order valence-electron chi connectivity index (χ1n) is 14.4. The second-order valence-corrected chi connectivity index (χ2v) is 11.8. The van der Waals surface area contributed by atoms with Crippen LogP contribution in [0.2, 0.25) is 0 Å². The predicted octanol–water partition coefficient (Wildman–Crippen LogP) is 10.7. The number of pyridine rings is 1. The molecule has 0 bridgehead atoms. The van der Waals surface area contributed by atoms with E-state index in [1.165, 1.54) is 37.9 Å². The highest BCUT2D eigenvalue weighted by molar-refractivity contribution is 7.25. The van der Waals surface area contributed by atoms with E-state index in [9.17, 15) is 4.39 Å². The highest BCUT2D eigenvalue weighted by Gasteiger charge is 2.13. The summed E-state index contributed by atoms with van der Waals surface area (Å²) >= 11 is 1.83. The number of hydrogen-bond donors (Lipinski definition) is 0. The van der Waals surface area contributed by atoms with Crippen molar-refractivity contribution in [3.05, 3.63) is 152 Å². The van der Waals surface area contributed by atoms with Crippen molar-refractivity contribution >= 4 is 31.5 Å². The third-order valence-electron chi connectivity index (χ3n) is 7.87. The highest BCUT2D eigenvalue weighted by Crippen LogP contribution is 2.37. The van der Waals surface area contributed by atoms with Crippen molar-refractivity contribution in [2.24, 2.45) is 0 Å². The fraction of sp³-hybridized carbons (Fsp3) is 0. The van der Waals surface area contributed by atoms with Crippen LogP contribution in [0.3, 0.4) is 0 Å². The second kappa shape index (κ2) is 11.0. The Kier molecular flexibility index (Phi) is 6.51. The van der Waals surface area contributed by atoms with Crippen molar-refractivity contribution in [3.8, 4) is 56.2 Å². The Balaban J connectivity index is 1.20. The molecule has 0 spiro atoms. The SMILES string of the molecule is Fc1ccc(-c2cc(-c3ccc(-c4ccc5sc6ccccc6c5c4)cc3)nc(-c3cccc(-c4cccnc4)c3)n2)cc1. The maximum Gasteiger partial charge on any atom is 0.160 e. The van der Waals surface area contributed by atoms with Crippen LogP contribution in [0.4, 0.5) is 4.39 Å². The minimum atomic E-state index is -0.281. The molecule has 0 aliphatic heterocycles. The molecule has 5 aromatic carbocycles. The molecular weight excluding hydrogens is 562 g/mol. The summed E-state index contributed by atoms with van der Waals surface area (Å²) in [7, 11) is 0. The Hall–Kier alpha value is -5.52. The zero-order chi connectivity index (χ0) is 29.5. The van der Waals surface area contributed by atoms with Crippen LogP contribution in [0.5, 0.6) is 0 Å². The Bertz CT molecular complexity index is 2280. The summed E-state index contributed by atoms with van der Waals surface area (Å²) < 4.78 is 16.4. The Morgan fingerprint density at radius 3 is 1.86 bits per heavy atom. The number of halogens is 1. The molecule has 0 radical (unpaired) electrons. The molecule has 44 heavy (non-hydrogen) atoms. The molecule has 208 valence electrons. The molecule has 0 amide bonds. The van der Waals surface area contributed by atoms with Crippen molar-refractivity contribution in [1.29, 1.82) is 0 Å². The number of aromatic nitrogens is 3.